The molecule has 0 amide bonds. The number of halogens is 1. The molecule has 1 aliphatic heterocycles. The SMILES string of the molecule is CCCN1CCC(Nc2cc(F)ccc2C)CC1. The lowest BCUT2D eigenvalue weighted by Crippen LogP contribution is -2.39. The van der Waals surface area contributed by atoms with Gasteiger partial charge in [0.05, 0.1) is 0 Å². The van der Waals surface area contributed by atoms with Crippen molar-refractivity contribution in [2.75, 3.05) is 25.0 Å². The molecule has 0 atom stereocenters. The molecule has 1 aromatic carbocycles. The van der Waals surface area contributed by atoms with Gasteiger partial charge in [-0.05, 0) is 50.4 Å². The van der Waals surface area contributed by atoms with Crippen molar-refractivity contribution >= 4 is 5.69 Å². The van der Waals surface area contributed by atoms with Crippen molar-refractivity contribution < 1.29 is 4.39 Å². The molecule has 0 unspecified atom stereocenters. The second-order valence-corrected chi connectivity index (χ2v) is 5.22. The summed E-state index contributed by atoms with van der Waals surface area (Å²) < 4.78 is 13.2. The van der Waals surface area contributed by atoms with Crippen molar-refractivity contribution in [3.05, 3.63) is 29.6 Å². The van der Waals surface area contributed by atoms with Crippen LogP contribution < -0.4 is 5.32 Å². The van der Waals surface area contributed by atoms with Crippen LogP contribution in [0.3, 0.4) is 0 Å². The first-order valence-corrected chi connectivity index (χ1v) is 6.94. The van der Waals surface area contributed by atoms with Crippen LogP contribution in [0.25, 0.3) is 0 Å². The van der Waals surface area contributed by atoms with Crippen molar-refractivity contribution in [3.8, 4) is 0 Å². The number of hydrogen-bond acceptors (Lipinski definition) is 2. The molecule has 1 N–H and O–H groups in total. The molecule has 1 heterocycles. The van der Waals surface area contributed by atoms with Gasteiger partial charge in [0.15, 0.2) is 0 Å². The molecule has 18 heavy (non-hydrogen) atoms. The lowest BCUT2D eigenvalue weighted by Gasteiger charge is -2.32. The van der Waals surface area contributed by atoms with Crippen LogP contribution in [-0.2, 0) is 0 Å². The van der Waals surface area contributed by atoms with E-state index < -0.39 is 0 Å². The number of anilines is 1. The molecule has 2 rings (SSSR count). The Hall–Kier alpha value is -1.09. The van der Waals surface area contributed by atoms with Gasteiger partial charge in [-0.25, -0.2) is 4.39 Å². The number of piperidine rings is 1. The Bertz CT molecular complexity index is 384. The lowest BCUT2D eigenvalue weighted by molar-refractivity contribution is 0.219. The maximum atomic E-state index is 13.2. The molecular weight excluding hydrogens is 227 g/mol. The Morgan fingerprint density at radius 2 is 2.06 bits per heavy atom. The second kappa shape index (κ2) is 6.19. The molecule has 2 nitrogen and oxygen atoms in total. The van der Waals surface area contributed by atoms with Crippen molar-refractivity contribution in [1.29, 1.82) is 0 Å². The van der Waals surface area contributed by atoms with Gasteiger partial charge in [0.2, 0.25) is 0 Å². The van der Waals surface area contributed by atoms with Crippen LogP contribution in [0.5, 0.6) is 0 Å². The van der Waals surface area contributed by atoms with E-state index in [1.165, 1.54) is 19.0 Å². The molecule has 0 spiro atoms. The third-order valence-corrected chi connectivity index (χ3v) is 3.69. The van der Waals surface area contributed by atoms with Gasteiger partial charge >= 0.3 is 0 Å². The summed E-state index contributed by atoms with van der Waals surface area (Å²) in [5.41, 5.74) is 2.07. The Morgan fingerprint density at radius 1 is 1.33 bits per heavy atom. The minimum Gasteiger partial charge on any atom is -0.382 e. The number of hydrogen-bond donors (Lipinski definition) is 1. The highest BCUT2D eigenvalue weighted by molar-refractivity contribution is 5.51. The molecule has 0 aliphatic carbocycles. The topological polar surface area (TPSA) is 15.3 Å². The molecule has 1 aromatic rings. The zero-order valence-electron chi connectivity index (χ0n) is 11.4. The molecule has 100 valence electrons. The Kier molecular flexibility index (Phi) is 4.59. The molecule has 3 heteroatoms. The van der Waals surface area contributed by atoms with Gasteiger partial charge in [0.1, 0.15) is 5.82 Å². The quantitative estimate of drug-likeness (QED) is 0.881. The molecule has 0 bridgehead atoms. The highest BCUT2D eigenvalue weighted by Gasteiger charge is 2.18. The van der Waals surface area contributed by atoms with E-state index in [0.29, 0.717) is 6.04 Å². The fourth-order valence-corrected chi connectivity index (χ4v) is 2.59. The van der Waals surface area contributed by atoms with Gasteiger partial charge in [-0.3, -0.25) is 0 Å². The standard InChI is InChI=1S/C15H23FN2/c1-3-8-18-9-6-14(7-10-18)17-15-11-13(16)5-4-12(15)2/h4-5,11,14,17H,3,6-10H2,1-2H3. The predicted octanol–water partition coefficient (Wildman–Crippen LogP) is 3.42. The summed E-state index contributed by atoms with van der Waals surface area (Å²) in [7, 11) is 0. The van der Waals surface area contributed by atoms with Crippen LogP contribution in [0.1, 0.15) is 31.7 Å². The average molecular weight is 250 g/mol. The van der Waals surface area contributed by atoms with Crippen molar-refractivity contribution in [2.24, 2.45) is 0 Å². The summed E-state index contributed by atoms with van der Waals surface area (Å²) in [5.74, 6) is -0.161. The van der Waals surface area contributed by atoms with Crippen molar-refractivity contribution in [3.63, 3.8) is 0 Å². The molecule has 0 aromatic heterocycles. The summed E-state index contributed by atoms with van der Waals surface area (Å²) >= 11 is 0. The van der Waals surface area contributed by atoms with Crippen LogP contribution >= 0.6 is 0 Å². The van der Waals surface area contributed by atoms with Gasteiger partial charge in [-0.15, -0.1) is 0 Å². The van der Waals surface area contributed by atoms with E-state index in [-0.39, 0.29) is 5.82 Å². The van der Waals surface area contributed by atoms with Crippen molar-refractivity contribution in [1.82, 2.24) is 4.90 Å². The summed E-state index contributed by atoms with van der Waals surface area (Å²) in [6.07, 6.45) is 3.52. The summed E-state index contributed by atoms with van der Waals surface area (Å²) in [6, 6.07) is 5.45. The second-order valence-electron chi connectivity index (χ2n) is 5.22. The minimum absolute atomic E-state index is 0.161. The number of likely N-dealkylation sites (tertiary alicyclic amines) is 1. The van der Waals surface area contributed by atoms with Gasteiger partial charge in [-0.1, -0.05) is 13.0 Å². The fraction of sp³-hybridized carbons (Fsp3) is 0.600. The van der Waals surface area contributed by atoms with E-state index in [1.54, 1.807) is 6.07 Å². The highest BCUT2D eigenvalue weighted by atomic mass is 19.1. The highest BCUT2D eigenvalue weighted by Crippen LogP contribution is 2.21. The third kappa shape index (κ3) is 3.45. The van der Waals surface area contributed by atoms with E-state index in [9.17, 15) is 4.39 Å². The molecular formula is C15H23FN2. The zero-order valence-corrected chi connectivity index (χ0v) is 11.4. The summed E-state index contributed by atoms with van der Waals surface area (Å²) in [5, 5.41) is 3.49. The minimum atomic E-state index is -0.161. The average Bonchev–Trinajstić information content (AvgIpc) is 2.37. The van der Waals surface area contributed by atoms with Gasteiger partial charge in [0.25, 0.3) is 0 Å². The maximum absolute atomic E-state index is 13.2. The largest absolute Gasteiger partial charge is 0.382 e. The smallest absolute Gasteiger partial charge is 0.125 e. The van der Waals surface area contributed by atoms with E-state index in [2.05, 4.69) is 17.1 Å². The Labute approximate surface area is 109 Å². The van der Waals surface area contributed by atoms with Crippen LogP contribution in [0.4, 0.5) is 10.1 Å². The summed E-state index contributed by atoms with van der Waals surface area (Å²) in [6.45, 7) is 7.75. The number of benzene rings is 1. The molecule has 1 aliphatic rings. The number of nitrogens with zero attached hydrogens (tertiary/aromatic N) is 1. The number of nitrogens with one attached hydrogen (secondary N) is 1. The Balaban J connectivity index is 1.89. The molecule has 0 saturated carbocycles. The van der Waals surface area contributed by atoms with Crippen LogP contribution in [0.15, 0.2) is 18.2 Å². The fourth-order valence-electron chi connectivity index (χ4n) is 2.59. The molecule has 0 radical (unpaired) electrons. The maximum Gasteiger partial charge on any atom is 0.125 e. The normalized spacial score (nSPS) is 17.9. The third-order valence-electron chi connectivity index (χ3n) is 3.69. The van der Waals surface area contributed by atoms with Crippen molar-refractivity contribution in [2.45, 2.75) is 39.2 Å². The van der Waals surface area contributed by atoms with E-state index in [1.807, 2.05) is 13.0 Å². The van der Waals surface area contributed by atoms with Gasteiger partial charge < -0.3 is 10.2 Å². The lowest BCUT2D eigenvalue weighted by atomic mass is 10.0. The van der Waals surface area contributed by atoms with Crippen LogP contribution in [0.2, 0.25) is 0 Å². The van der Waals surface area contributed by atoms with Gasteiger partial charge in [0, 0.05) is 24.8 Å². The first-order valence-electron chi connectivity index (χ1n) is 6.94. The molecule has 1 saturated heterocycles. The Morgan fingerprint density at radius 3 is 2.72 bits per heavy atom. The van der Waals surface area contributed by atoms with Gasteiger partial charge in [-0.2, -0.15) is 0 Å². The molecule has 1 fully saturated rings. The predicted molar refractivity (Wildman–Crippen MR) is 74.5 cm³/mol. The number of aryl methyl sites for hydroxylation is 1. The van der Waals surface area contributed by atoms with E-state index >= 15 is 0 Å². The zero-order chi connectivity index (χ0) is 13.0. The van der Waals surface area contributed by atoms with E-state index in [4.69, 9.17) is 0 Å². The van der Waals surface area contributed by atoms with Crippen LogP contribution in [0, 0.1) is 12.7 Å². The van der Waals surface area contributed by atoms with Crippen LogP contribution in [-0.4, -0.2) is 30.6 Å². The van der Waals surface area contributed by atoms with E-state index in [0.717, 1.165) is 37.2 Å². The first kappa shape index (κ1) is 13.3. The monoisotopic (exact) mass is 250 g/mol. The summed E-state index contributed by atoms with van der Waals surface area (Å²) in [4.78, 5) is 2.51. The number of rotatable bonds is 4. The first-order chi connectivity index (χ1) is 8.69.